The Morgan fingerprint density at radius 3 is 2.08 bits per heavy atom. The number of hydrogen-bond acceptors (Lipinski definition) is 4. The quantitative estimate of drug-likeness (QED) is 0.192. The van der Waals surface area contributed by atoms with Crippen molar-refractivity contribution in [3.8, 4) is 5.75 Å². The second-order valence-electron chi connectivity index (χ2n) is 8.09. The molecule has 196 valence electrons. The highest BCUT2D eigenvalue weighted by atomic mass is 79.9. The molecule has 1 heterocycles. The van der Waals surface area contributed by atoms with Gasteiger partial charge in [0, 0.05) is 37.4 Å². The van der Waals surface area contributed by atoms with Crippen LogP contribution in [-0.4, -0.2) is 38.7 Å². The van der Waals surface area contributed by atoms with E-state index in [0.717, 1.165) is 4.90 Å². The maximum atomic E-state index is 14.2. The zero-order valence-electron chi connectivity index (χ0n) is 19.4. The number of hydrogen-bond donors (Lipinski definition) is 1. The number of carbonyl (C=O) groups excluding carboxylic acids is 1. The largest absolute Gasteiger partial charge is 0.493 e. The molecule has 12 heteroatoms. The summed E-state index contributed by atoms with van der Waals surface area (Å²) >= 11 is 9.82. The van der Waals surface area contributed by atoms with Crippen LogP contribution in [0.5, 0.6) is 5.75 Å². The molecule has 0 aliphatic carbocycles. The molecule has 0 saturated carbocycles. The minimum atomic E-state index is -2.19. The minimum Gasteiger partial charge on any atom is -0.493 e. The Labute approximate surface area is 222 Å². The van der Waals surface area contributed by atoms with Gasteiger partial charge < -0.3 is 19.9 Å². The molecule has 5 nitrogen and oxygen atoms in total. The van der Waals surface area contributed by atoms with Crippen molar-refractivity contribution < 1.29 is 31.5 Å². The Hall–Kier alpha value is -3.05. The van der Waals surface area contributed by atoms with E-state index in [1.807, 2.05) is 11.8 Å². The average molecular weight is 605 g/mol. The SMILES string of the molecule is CCOc1ccc(C(=O)Nc2ccc(N3CCN(c4c(F)c(F)c(F)c(F)c4F)CC3)c(Cl)c2)cc1Br. The molecule has 1 N–H and O–H groups in total. The Balaban J connectivity index is 1.43. The van der Waals surface area contributed by atoms with Crippen molar-refractivity contribution in [2.75, 3.05) is 47.9 Å². The average Bonchev–Trinajstić information content (AvgIpc) is 2.88. The molecule has 0 unspecified atom stereocenters. The van der Waals surface area contributed by atoms with Gasteiger partial charge in [-0.1, -0.05) is 11.6 Å². The first kappa shape index (κ1) is 27.0. The van der Waals surface area contributed by atoms with Gasteiger partial charge in [0.1, 0.15) is 11.4 Å². The summed E-state index contributed by atoms with van der Waals surface area (Å²) in [6.45, 7) is 2.77. The van der Waals surface area contributed by atoms with Crippen molar-refractivity contribution >= 4 is 50.5 Å². The first-order valence-electron chi connectivity index (χ1n) is 11.2. The summed E-state index contributed by atoms with van der Waals surface area (Å²) in [5, 5.41) is 3.08. The number of anilines is 3. The van der Waals surface area contributed by atoms with Crippen molar-refractivity contribution in [1.29, 1.82) is 0 Å². The molecule has 37 heavy (non-hydrogen) atoms. The molecule has 0 spiro atoms. The number of ether oxygens (including phenoxy) is 1. The molecule has 0 bridgehead atoms. The van der Waals surface area contributed by atoms with Crippen LogP contribution in [-0.2, 0) is 0 Å². The molecule has 3 aromatic carbocycles. The number of carbonyl (C=O) groups is 1. The maximum Gasteiger partial charge on any atom is 0.255 e. The fourth-order valence-electron chi connectivity index (χ4n) is 4.00. The lowest BCUT2D eigenvalue weighted by atomic mass is 10.1. The molecule has 0 aromatic heterocycles. The van der Waals surface area contributed by atoms with Gasteiger partial charge in [0.05, 0.1) is 21.8 Å². The van der Waals surface area contributed by atoms with E-state index < -0.39 is 34.8 Å². The van der Waals surface area contributed by atoms with E-state index in [9.17, 15) is 26.7 Å². The minimum absolute atomic E-state index is 0.000211. The van der Waals surface area contributed by atoms with Crippen LogP contribution in [0.1, 0.15) is 17.3 Å². The molecule has 1 amide bonds. The summed E-state index contributed by atoms with van der Waals surface area (Å²) in [4.78, 5) is 15.6. The highest BCUT2D eigenvalue weighted by Crippen LogP contribution is 2.34. The van der Waals surface area contributed by atoms with E-state index >= 15 is 0 Å². The third-order valence-electron chi connectivity index (χ3n) is 5.82. The van der Waals surface area contributed by atoms with Crippen LogP contribution < -0.4 is 19.9 Å². The second-order valence-corrected chi connectivity index (χ2v) is 9.35. The van der Waals surface area contributed by atoms with Crippen LogP contribution in [0.3, 0.4) is 0 Å². The Morgan fingerprint density at radius 2 is 1.51 bits per heavy atom. The lowest BCUT2D eigenvalue weighted by Gasteiger charge is -2.38. The van der Waals surface area contributed by atoms with Crippen LogP contribution in [0.15, 0.2) is 40.9 Å². The molecule has 0 atom stereocenters. The molecule has 1 fully saturated rings. The smallest absolute Gasteiger partial charge is 0.255 e. The predicted octanol–water partition coefficient (Wildman–Crippen LogP) is 6.78. The van der Waals surface area contributed by atoms with Crippen LogP contribution in [0, 0.1) is 29.1 Å². The molecule has 1 aliphatic rings. The molecule has 4 rings (SSSR count). The lowest BCUT2D eigenvalue weighted by molar-refractivity contribution is 0.102. The number of piperazine rings is 1. The Bertz CT molecular complexity index is 1320. The highest BCUT2D eigenvalue weighted by Gasteiger charge is 2.31. The normalized spacial score (nSPS) is 13.6. The number of rotatable bonds is 6. The third-order valence-corrected chi connectivity index (χ3v) is 6.75. The van der Waals surface area contributed by atoms with Gasteiger partial charge in [-0.25, -0.2) is 22.0 Å². The van der Waals surface area contributed by atoms with Crippen molar-refractivity contribution in [1.82, 2.24) is 0 Å². The number of nitrogens with one attached hydrogen (secondary N) is 1. The molecular formula is C25H20BrClF5N3O2. The van der Waals surface area contributed by atoms with Crippen molar-refractivity contribution in [3.63, 3.8) is 0 Å². The fraction of sp³-hybridized carbons (Fsp3) is 0.240. The maximum absolute atomic E-state index is 14.2. The summed E-state index contributed by atoms with van der Waals surface area (Å²) < 4.78 is 75.0. The molecule has 0 radical (unpaired) electrons. The van der Waals surface area contributed by atoms with Gasteiger partial charge in [-0.3, -0.25) is 4.79 Å². The van der Waals surface area contributed by atoms with E-state index in [1.54, 1.807) is 36.4 Å². The van der Waals surface area contributed by atoms with Crippen molar-refractivity contribution in [2.45, 2.75) is 6.92 Å². The van der Waals surface area contributed by atoms with Crippen molar-refractivity contribution in [2.24, 2.45) is 0 Å². The zero-order valence-corrected chi connectivity index (χ0v) is 21.7. The third kappa shape index (κ3) is 5.47. The Morgan fingerprint density at radius 1 is 0.919 bits per heavy atom. The van der Waals surface area contributed by atoms with Gasteiger partial charge in [0.2, 0.25) is 5.82 Å². The van der Waals surface area contributed by atoms with Crippen LogP contribution in [0.4, 0.5) is 39.0 Å². The van der Waals surface area contributed by atoms with Gasteiger partial charge >= 0.3 is 0 Å². The summed E-state index contributed by atoms with van der Waals surface area (Å²) in [5.41, 5.74) is 0.505. The zero-order chi connectivity index (χ0) is 26.9. The van der Waals surface area contributed by atoms with Gasteiger partial charge in [0.25, 0.3) is 5.91 Å². The van der Waals surface area contributed by atoms with Crippen LogP contribution in [0.2, 0.25) is 5.02 Å². The topological polar surface area (TPSA) is 44.8 Å². The Kier molecular flexibility index (Phi) is 8.13. The summed E-state index contributed by atoms with van der Waals surface area (Å²) in [7, 11) is 0. The number of benzene rings is 3. The number of halogens is 7. The van der Waals surface area contributed by atoms with Gasteiger partial charge in [-0.2, -0.15) is 0 Å². The van der Waals surface area contributed by atoms with E-state index in [0.29, 0.717) is 38.8 Å². The summed E-state index contributed by atoms with van der Waals surface area (Å²) in [6, 6.07) is 9.85. The lowest BCUT2D eigenvalue weighted by Crippen LogP contribution is -2.47. The molecule has 3 aromatic rings. The van der Waals surface area contributed by atoms with Crippen LogP contribution in [0.25, 0.3) is 0 Å². The van der Waals surface area contributed by atoms with Crippen molar-refractivity contribution in [3.05, 3.63) is 80.5 Å². The predicted molar refractivity (Wildman–Crippen MR) is 135 cm³/mol. The van der Waals surface area contributed by atoms with Gasteiger partial charge in [-0.05, 0) is 59.3 Å². The highest BCUT2D eigenvalue weighted by molar-refractivity contribution is 9.10. The van der Waals surface area contributed by atoms with E-state index in [4.69, 9.17) is 16.3 Å². The number of nitrogens with zero attached hydrogens (tertiary/aromatic N) is 2. The standard InChI is InChI=1S/C25H20BrClF5N3O2/c1-2-37-18-6-3-13(11-15(18)26)25(36)33-14-4-5-17(16(27)12-14)34-7-9-35(10-8-34)24-22(31)20(29)19(28)21(30)23(24)32/h3-6,11-12H,2,7-10H2,1H3,(H,33,36). The fourth-order valence-corrected chi connectivity index (χ4v) is 4.79. The monoisotopic (exact) mass is 603 g/mol. The van der Waals surface area contributed by atoms with Gasteiger partial charge in [0.15, 0.2) is 23.3 Å². The van der Waals surface area contributed by atoms with E-state index in [2.05, 4.69) is 21.2 Å². The van der Waals surface area contributed by atoms with E-state index in [1.165, 1.54) is 0 Å². The molecule has 1 aliphatic heterocycles. The number of amides is 1. The molecular weight excluding hydrogens is 585 g/mol. The van der Waals surface area contributed by atoms with E-state index in [-0.39, 0.29) is 32.1 Å². The summed E-state index contributed by atoms with van der Waals surface area (Å²) in [5.74, 6) is -9.60. The second kappa shape index (κ2) is 11.1. The first-order chi connectivity index (χ1) is 17.6. The summed E-state index contributed by atoms with van der Waals surface area (Å²) in [6.07, 6.45) is 0. The first-order valence-corrected chi connectivity index (χ1v) is 12.3. The van der Waals surface area contributed by atoms with Gasteiger partial charge in [-0.15, -0.1) is 0 Å². The molecule has 1 saturated heterocycles. The van der Waals surface area contributed by atoms with Crippen LogP contribution >= 0.6 is 27.5 Å².